The van der Waals surface area contributed by atoms with E-state index in [1.807, 2.05) is 17.0 Å². The standard InChI is InChI=1S/C30H35ClFN7O2/c1-4-5-25(20-6-8-21(9-7-20)28(40)33-17-26-35-37-38-36-26)39-29(41)27(22-14-23(31)16-24(32)15-22)34-30(39)12-10-19(11-13-30)18(2)3/h6-9,14-16,18-19,25H,4-5,10-13,17H2,1-3H3,(H,33,40)(H,35,36,37,38). The molecular formula is C30H35ClFN7O2. The van der Waals surface area contributed by atoms with Gasteiger partial charge >= 0.3 is 0 Å². The molecule has 1 aliphatic carbocycles. The summed E-state index contributed by atoms with van der Waals surface area (Å²) in [7, 11) is 0. The Balaban J connectivity index is 1.46. The molecule has 0 bridgehead atoms. The Morgan fingerprint density at radius 2 is 1.93 bits per heavy atom. The van der Waals surface area contributed by atoms with Crippen molar-refractivity contribution >= 4 is 29.1 Å². The molecule has 41 heavy (non-hydrogen) atoms. The average Bonchev–Trinajstić information content (AvgIpc) is 3.57. The van der Waals surface area contributed by atoms with Gasteiger partial charge in [-0.25, -0.2) is 4.39 Å². The number of nitrogens with zero attached hydrogens (tertiary/aromatic N) is 5. The predicted molar refractivity (Wildman–Crippen MR) is 154 cm³/mol. The number of benzene rings is 2. The lowest BCUT2D eigenvalue weighted by atomic mass is 9.76. The summed E-state index contributed by atoms with van der Waals surface area (Å²) < 4.78 is 14.4. The molecule has 216 valence electrons. The molecule has 1 aliphatic heterocycles. The Morgan fingerprint density at radius 1 is 1.20 bits per heavy atom. The molecule has 1 aromatic heterocycles. The molecule has 1 spiro atoms. The Hall–Kier alpha value is -3.66. The summed E-state index contributed by atoms with van der Waals surface area (Å²) in [6.07, 6.45) is 4.96. The monoisotopic (exact) mass is 579 g/mol. The van der Waals surface area contributed by atoms with Crippen molar-refractivity contribution < 1.29 is 14.0 Å². The molecule has 1 unspecified atom stereocenters. The summed E-state index contributed by atoms with van der Waals surface area (Å²) in [6.45, 7) is 6.72. The predicted octanol–water partition coefficient (Wildman–Crippen LogP) is 5.64. The SMILES string of the molecule is CCCC(c1ccc(C(=O)NCc2nn[nH]n2)cc1)N1C(=O)C(c2cc(F)cc(Cl)c2)=NC12CCC(C(C)C)CC2. The number of nitrogens with one attached hydrogen (secondary N) is 2. The van der Waals surface area contributed by atoms with Crippen molar-refractivity contribution in [3.63, 3.8) is 0 Å². The lowest BCUT2D eigenvalue weighted by Crippen LogP contribution is -2.51. The smallest absolute Gasteiger partial charge is 0.275 e. The van der Waals surface area contributed by atoms with Gasteiger partial charge in [-0.3, -0.25) is 14.6 Å². The number of aliphatic imine (C=N–C) groups is 1. The largest absolute Gasteiger partial charge is 0.345 e. The van der Waals surface area contributed by atoms with Crippen molar-refractivity contribution in [1.82, 2.24) is 30.8 Å². The second-order valence-corrected chi connectivity index (χ2v) is 11.7. The molecule has 2 aromatic carbocycles. The first kappa shape index (κ1) is 28.9. The number of carbonyl (C=O) groups excluding carboxylic acids is 2. The van der Waals surface area contributed by atoms with E-state index in [0.717, 1.165) is 44.1 Å². The fraction of sp³-hybridized carbons (Fsp3) is 0.467. The Kier molecular flexibility index (Phi) is 8.49. The van der Waals surface area contributed by atoms with Gasteiger partial charge in [-0.05, 0) is 79.8 Å². The number of rotatable bonds is 9. The third kappa shape index (κ3) is 6.02. The van der Waals surface area contributed by atoms with Gasteiger partial charge in [-0.1, -0.05) is 56.1 Å². The van der Waals surface area contributed by atoms with Crippen molar-refractivity contribution in [1.29, 1.82) is 0 Å². The van der Waals surface area contributed by atoms with Crippen LogP contribution in [0.2, 0.25) is 5.02 Å². The minimum Gasteiger partial charge on any atom is -0.345 e. The maximum Gasteiger partial charge on any atom is 0.275 e. The molecule has 9 nitrogen and oxygen atoms in total. The second-order valence-electron chi connectivity index (χ2n) is 11.3. The zero-order valence-corrected chi connectivity index (χ0v) is 24.3. The maximum atomic E-state index is 14.4. The summed E-state index contributed by atoms with van der Waals surface area (Å²) in [5.41, 5.74) is 1.36. The molecule has 0 saturated heterocycles. The van der Waals surface area contributed by atoms with Crippen LogP contribution >= 0.6 is 11.6 Å². The zero-order chi connectivity index (χ0) is 29.1. The first-order valence-electron chi connectivity index (χ1n) is 14.2. The fourth-order valence-electron chi connectivity index (χ4n) is 6.14. The summed E-state index contributed by atoms with van der Waals surface area (Å²) in [5, 5.41) is 16.6. The molecule has 1 atom stereocenters. The molecule has 11 heteroatoms. The lowest BCUT2D eigenvalue weighted by Gasteiger charge is -2.46. The molecule has 0 radical (unpaired) electrons. The van der Waals surface area contributed by atoms with Crippen molar-refractivity contribution in [2.24, 2.45) is 16.8 Å². The van der Waals surface area contributed by atoms with Crippen LogP contribution in [0.1, 0.15) is 92.6 Å². The molecule has 2 N–H and O–H groups in total. The molecular weight excluding hydrogens is 545 g/mol. The van der Waals surface area contributed by atoms with E-state index in [9.17, 15) is 14.0 Å². The number of halogens is 2. The number of aromatic amines is 1. The number of hydrogen-bond donors (Lipinski definition) is 2. The molecule has 1 fully saturated rings. The molecule has 1 saturated carbocycles. The van der Waals surface area contributed by atoms with Crippen molar-refractivity contribution in [3.8, 4) is 0 Å². The van der Waals surface area contributed by atoms with Crippen LogP contribution in [-0.2, 0) is 11.3 Å². The van der Waals surface area contributed by atoms with E-state index >= 15 is 0 Å². The number of hydrogen-bond acceptors (Lipinski definition) is 6. The van der Waals surface area contributed by atoms with Crippen molar-refractivity contribution in [3.05, 3.63) is 75.8 Å². The highest BCUT2D eigenvalue weighted by atomic mass is 35.5. The van der Waals surface area contributed by atoms with Gasteiger partial charge in [-0.15, -0.1) is 10.2 Å². The highest BCUT2D eigenvalue weighted by molar-refractivity contribution is 6.47. The Bertz CT molecular complexity index is 1400. The second kappa shape index (κ2) is 12.1. The minimum atomic E-state index is -0.711. The van der Waals surface area contributed by atoms with Crippen molar-refractivity contribution in [2.45, 2.75) is 77.5 Å². The summed E-state index contributed by atoms with van der Waals surface area (Å²) >= 11 is 6.18. The summed E-state index contributed by atoms with van der Waals surface area (Å²) in [6, 6.07) is 11.2. The summed E-state index contributed by atoms with van der Waals surface area (Å²) in [5.74, 6) is 0.525. The van der Waals surface area contributed by atoms with E-state index < -0.39 is 11.5 Å². The number of tetrazole rings is 1. The van der Waals surface area contributed by atoms with Gasteiger partial charge in [0, 0.05) is 16.1 Å². The van der Waals surface area contributed by atoms with Crippen LogP contribution in [-0.4, -0.2) is 48.7 Å². The number of aromatic nitrogens is 4. The van der Waals surface area contributed by atoms with E-state index in [2.05, 4.69) is 46.7 Å². The average molecular weight is 580 g/mol. The zero-order valence-electron chi connectivity index (χ0n) is 23.5. The van der Waals surface area contributed by atoms with Crippen LogP contribution < -0.4 is 5.32 Å². The van der Waals surface area contributed by atoms with Gasteiger partial charge in [0.1, 0.15) is 17.2 Å². The lowest BCUT2D eigenvalue weighted by molar-refractivity contribution is -0.133. The van der Waals surface area contributed by atoms with E-state index in [0.29, 0.717) is 28.8 Å². The molecule has 2 aliphatic rings. The van der Waals surface area contributed by atoms with Crippen LogP contribution in [0.25, 0.3) is 0 Å². The van der Waals surface area contributed by atoms with Crippen LogP contribution in [0.15, 0.2) is 47.5 Å². The topological polar surface area (TPSA) is 116 Å². The molecule has 3 aromatic rings. The quantitative estimate of drug-likeness (QED) is 0.340. The van der Waals surface area contributed by atoms with Crippen LogP contribution in [0.5, 0.6) is 0 Å². The fourth-order valence-corrected chi connectivity index (χ4v) is 6.36. The van der Waals surface area contributed by atoms with E-state index in [-0.39, 0.29) is 35.1 Å². The van der Waals surface area contributed by atoms with Gasteiger partial charge in [0.2, 0.25) is 0 Å². The number of H-pyrrole nitrogens is 1. The van der Waals surface area contributed by atoms with Crippen LogP contribution in [0, 0.1) is 17.7 Å². The molecule has 2 heterocycles. The Labute approximate surface area is 244 Å². The van der Waals surface area contributed by atoms with E-state index in [1.165, 1.54) is 12.1 Å². The number of carbonyl (C=O) groups is 2. The normalized spacial score (nSPS) is 21.4. The first-order chi connectivity index (χ1) is 19.7. The third-order valence-electron chi connectivity index (χ3n) is 8.33. The van der Waals surface area contributed by atoms with E-state index in [1.54, 1.807) is 18.2 Å². The maximum absolute atomic E-state index is 14.4. The van der Waals surface area contributed by atoms with Crippen LogP contribution in [0.3, 0.4) is 0 Å². The highest BCUT2D eigenvalue weighted by Gasteiger charge is 2.52. The first-order valence-corrected chi connectivity index (χ1v) is 14.6. The minimum absolute atomic E-state index is 0.155. The highest BCUT2D eigenvalue weighted by Crippen LogP contribution is 2.48. The molecule has 2 amide bonds. The van der Waals surface area contributed by atoms with Crippen molar-refractivity contribution in [2.75, 3.05) is 0 Å². The third-order valence-corrected chi connectivity index (χ3v) is 8.55. The van der Waals surface area contributed by atoms with Crippen LogP contribution in [0.4, 0.5) is 4.39 Å². The van der Waals surface area contributed by atoms with Gasteiger partial charge in [0.15, 0.2) is 5.82 Å². The van der Waals surface area contributed by atoms with Gasteiger partial charge < -0.3 is 10.2 Å². The van der Waals surface area contributed by atoms with Gasteiger partial charge in [0.25, 0.3) is 11.8 Å². The molecule has 5 rings (SSSR count). The number of amides is 2. The van der Waals surface area contributed by atoms with Gasteiger partial charge in [0.05, 0.1) is 12.6 Å². The van der Waals surface area contributed by atoms with E-state index in [4.69, 9.17) is 16.6 Å². The van der Waals surface area contributed by atoms with Gasteiger partial charge in [-0.2, -0.15) is 5.21 Å². The Morgan fingerprint density at radius 3 is 2.54 bits per heavy atom. The summed E-state index contributed by atoms with van der Waals surface area (Å²) in [4.78, 5) is 34.0.